The lowest BCUT2D eigenvalue weighted by molar-refractivity contribution is -0.140. The highest BCUT2D eigenvalue weighted by molar-refractivity contribution is 5.80. The van der Waals surface area contributed by atoms with Gasteiger partial charge in [0.05, 0.1) is 0 Å². The topological polar surface area (TPSA) is 66.6 Å². The minimum Gasteiger partial charge on any atom is -0.384 e. The first-order chi connectivity index (χ1) is 5.61. The van der Waals surface area contributed by atoms with Gasteiger partial charge in [0.2, 0.25) is 0 Å². The molecule has 12 heavy (non-hydrogen) atoms. The quantitative estimate of drug-likeness (QED) is 0.550. The van der Waals surface area contributed by atoms with Crippen molar-refractivity contribution < 1.29 is 9.90 Å². The van der Waals surface area contributed by atoms with E-state index < -0.39 is 6.10 Å². The molecule has 70 valence electrons. The molecule has 0 radical (unpaired) electrons. The number of hydrogen-bond acceptors (Lipinski definition) is 3. The number of likely N-dealkylation sites (tertiary alicyclic amines) is 1. The third-order valence-electron chi connectivity index (χ3n) is 2.13. The van der Waals surface area contributed by atoms with Crippen molar-refractivity contribution in [1.29, 1.82) is 0 Å². The Morgan fingerprint density at radius 1 is 1.75 bits per heavy atom. The number of nitrogens with two attached hydrogens (primary N) is 1. The Hall–Kier alpha value is -0.610. The van der Waals surface area contributed by atoms with Gasteiger partial charge in [0.15, 0.2) is 0 Å². The summed E-state index contributed by atoms with van der Waals surface area (Å²) in [5.41, 5.74) is 5.69. The van der Waals surface area contributed by atoms with Crippen LogP contribution in [0.2, 0.25) is 0 Å². The zero-order valence-electron chi connectivity index (χ0n) is 7.36. The van der Waals surface area contributed by atoms with E-state index in [1.165, 1.54) is 6.92 Å². The van der Waals surface area contributed by atoms with Crippen LogP contribution in [0, 0.1) is 0 Å². The first kappa shape index (κ1) is 9.48. The third-order valence-corrected chi connectivity index (χ3v) is 2.13. The van der Waals surface area contributed by atoms with E-state index in [1.807, 2.05) is 0 Å². The highest BCUT2D eigenvalue weighted by atomic mass is 16.3. The Morgan fingerprint density at radius 3 is 2.92 bits per heavy atom. The monoisotopic (exact) mass is 172 g/mol. The first-order valence-corrected chi connectivity index (χ1v) is 4.33. The van der Waals surface area contributed by atoms with Gasteiger partial charge in [-0.25, -0.2) is 0 Å². The number of amides is 1. The minimum atomic E-state index is -0.893. The molecule has 0 aromatic rings. The summed E-state index contributed by atoms with van der Waals surface area (Å²) in [4.78, 5) is 12.9. The molecule has 4 heteroatoms. The number of carbonyl (C=O) groups is 1. The summed E-state index contributed by atoms with van der Waals surface area (Å²) < 4.78 is 0. The predicted octanol–water partition coefficient (Wildman–Crippen LogP) is -0.683. The highest BCUT2D eigenvalue weighted by Gasteiger charge is 2.23. The van der Waals surface area contributed by atoms with Crippen LogP contribution in [0.15, 0.2) is 0 Å². The van der Waals surface area contributed by atoms with Crippen molar-refractivity contribution in [1.82, 2.24) is 4.90 Å². The second-order valence-electron chi connectivity index (χ2n) is 3.36. The number of rotatable bonds is 1. The zero-order chi connectivity index (χ0) is 9.14. The van der Waals surface area contributed by atoms with Crippen LogP contribution >= 0.6 is 0 Å². The van der Waals surface area contributed by atoms with E-state index >= 15 is 0 Å². The molecule has 1 aliphatic rings. The Labute approximate surface area is 72.3 Å². The molecule has 0 aromatic heterocycles. The Morgan fingerprint density at radius 2 is 2.42 bits per heavy atom. The number of nitrogens with zero attached hydrogens (tertiary/aromatic N) is 1. The molecule has 0 aliphatic carbocycles. The molecule has 3 N–H and O–H groups in total. The molecule has 1 fully saturated rings. The second kappa shape index (κ2) is 3.87. The fourth-order valence-electron chi connectivity index (χ4n) is 1.47. The smallest absolute Gasteiger partial charge is 0.251 e. The van der Waals surface area contributed by atoms with Crippen LogP contribution in [0.1, 0.15) is 19.8 Å². The Bertz CT molecular complexity index is 170. The molecule has 1 aliphatic heterocycles. The lowest BCUT2D eigenvalue weighted by atomic mass is 10.1. The van der Waals surface area contributed by atoms with E-state index in [-0.39, 0.29) is 11.9 Å². The van der Waals surface area contributed by atoms with Crippen molar-refractivity contribution in [2.24, 2.45) is 5.73 Å². The Balaban J connectivity index is 2.46. The number of aliphatic hydroxyl groups excluding tert-OH is 1. The van der Waals surface area contributed by atoms with Gasteiger partial charge in [0, 0.05) is 19.1 Å². The van der Waals surface area contributed by atoms with Crippen LogP contribution < -0.4 is 5.73 Å². The number of piperidine rings is 1. The summed E-state index contributed by atoms with van der Waals surface area (Å²) in [6.07, 6.45) is 1.03. The molecule has 1 saturated heterocycles. The van der Waals surface area contributed by atoms with Crippen LogP contribution in [-0.4, -0.2) is 41.1 Å². The average molecular weight is 172 g/mol. The largest absolute Gasteiger partial charge is 0.384 e. The fraction of sp³-hybridized carbons (Fsp3) is 0.875. The number of carbonyl (C=O) groups excluding carboxylic acids is 1. The van der Waals surface area contributed by atoms with Crippen molar-refractivity contribution >= 4 is 5.91 Å². The van der Waals surface area contributed by atoms with Gasteiger partial charge in [-0.3, -0.25) is 4.79 Å². The number of hydrogen-bond donors (Lipinski definition) is 2. The van der Waals surface area contributed by atoms with E-state index in [0.29, 0.717) is 6.54 Å². The molecule has 1 amide bonds. The van der Waals surface area contributed by atoms with Gasteiger partial charge < -0.3 is 15.7 Å². The van der Waals surface area contributed by atoms with Gasteiger partial charge in [-0.05, 0) is 19.8 Å². The molecule has 0 aromatic carbocycles. The van der Waals surface area contributed by atoms with E-state index in [0.717, 1.165) is 19.4 Å². The van der Waals surface area contributed by atoms with Crippen molar-refractivity contribution in [2.45, 2.75) is 31.9 Å². The molecular formula is C8H16N2O2. The molecule has 4 nitrogen and oxygen atoms in total. The highest BCUT2D eigenvalue weighted by Crippen LogP contribution is 2.09. The standard InChI is InChI=1S/C8H16N2O2/c1-6(11)8(12)10-4-2-3-7(9)5-10/h6-7,11H,2-5,9H2,1H3/t6-,7+/m0/s1. The Kier molecular flexibility index (Phi) is 3.05. The lowest BCUT2D eigenvalue weighted by Gasteiger charge is -2.31. The molecule has 0 bridgehead atoms. The third kappa shape index (κ3) is 2.19. The summed E-state index contributed by atoms with van der Waals surface area (Å²) in [7, 11) is 0. The maximum absolute atomic E-state index is 11.3. The predicted molar refractivity (Wildman–Crippen MR) is 45.5 cm³/mol. The van der Waals surface area contributed by atoms with Crippen molar-refractivity contribution in [2.75, 3.05) is 13.1 Å². The first-order valence-electron chi connectivity index (χ1n) is 4.33. The normalized spacial score (nSPS) is 26.9. The van der Waals surface area contributed by atoms with E-state index in [1.54, 1.807) is 4.90 Å². The van der Waals surface area contributed by atoms with Crippen LogP contribution in [0.25, 0.3) is 0 Å². The summed E-state index contributed by atoms with van der Waals surface area (Å²) in [5.74, 6) is -0.204. The maximum atomic E-state index is 11.3. The van der Waals surface area contributed by atoms with Gasteiger partial charge in [0.25, 0.3) is 5.91 Å². The van der Waals surface area contributed by atoms with E-state index in [4.69, 9.17) is 10.8 Å². The molecule has 1 rings (SSSR count). The average Bonchev–Trinajstić information content (AvgIpc) is 2.03. The minimum absolute atomic E-state index is 0.0847. The summed E-state index contributed by atoms with van der Waals surface area (Å²) in [6.45, 7) is 2.81. The van der Waals surface area contributed by atoms with Crippen LogP contribution in [-0.2, 0) is 4.79 Å². The molecule has 0 spiro atoms. The van der Waals surface area contributed by atoms with Crippen LogP contribution in [0.3, 0.4) is 0 Å². The van der Waals surface area contributed by atoms with Gasteiger partial charge in [-0.15, -0.1) is 0 Å². The SMILES string of the molecule is C[C@H](O)C(=O)N1CCC[C@@H](N)C1. The molecular weight excluding hydrogens is 156 g/mol. The molecule has 1 heterocycles. The zero-order valence-corrected chi connectivity index (χ0v) is 7.36. The number of aliphatic hydroxyl groups is 1. The molecule has 0 saturated carbocycles. The molecule has 2 atom stereocenters. The van der Waals surface area contributed by atoms with Gasteiger partial charge in [-0.1, -0.05) is 0 Å². The van der Waals surface area contributed by atoms with Gasteiger partial charge >= 0.3 is 0 Å². The summed E-state index contributed by atoms with van der Waals surface area (Å²) in [6, 6.07) is 0.0847. The summed E-state index contributed by atoms with van der Waals surface area (Å²) >= 11 is 0. The lowest BCUT2D eigenvalue weighted by Crippen LogP contribution is -2.48. The second-order valence-corrected chi connectivity index (χ2v) is 3.36. The maximum Gasteiger partial charge on any atom is 0.251 e. The summed E-state index contributed by atoms with van der Waals surface area (Å²) in [5, 5.41) is 9.03. The van der Waals surface area contributed by atoms with Crippen molar-refractivity contribution in [3.8, 4) is 0 Å². The van der Waals surface area contributed by atoms with Gasteiger partial charge in [0.1, 0.15) is 6.10 Å². The van der Waals surface area contributed by atoms with E-state index in [2.05, 4.69) is 0 Å². The van der Waals surface area contributed by atoms with Crippen molar-refractivity contribution in [3.05, 3.63) is 0 Å². The fourth-order valence-corrected chi connectivity index (χ4v) is 1.47. The van der Waals surface area contributed by atoms with Crippen LogP contribution in [0.4, 0.5) is 0 Å². The molecule has 0 unspecified atom stereocenters. The van der Waals surface area contributed by atoms with Crippen molar-refractivity contribution in [3.63, 3.8) is 0 Å². The van der Waals surface area contributed by atoms with Crippen LogP contribution in [0.5, 0.6) is 0 Å². The van der Waals surface area contributed by atoms with Gasteiger partial charge in [-0.2, -0.15) is 0 Å². The van der Waals surface area contributed by atoms with E-state index in [9.17, 15) is 4.79 Å².